The highest BCUT2D eigenvalue weighted by molar-refractivity contribution is 5.72. The first-order chi connectivity index (χ1) is 6.59. The number of hydrogen-bond donors (Lipinski definition) is 1. The Morgan fingerprint density at radius 2 is 1.93 bits per heavy atom. The van der Waals surface area contributed by atoms with Gasteiger partial charge in [0.1, 0.15) is 0 Å². The summed E-state index contributed by atoms with van der Waals surface area (Å²) in [5, 5.41) is 8.60. The second kappa shape index (κ2) is 3.50. The number of aliphatic carboxylic acids is 1. The maximum absolute atomic E-state index is 13.3. The number of halogens is 1. The molecular formula is C10H16FNO2. The summed E-state index contributed by atoms with van der Waals surface area (Å²) in [7, 11) is 2.06. The van der Waals surface area contributed by atoms with Crippen LogP contribution in [0.4, 0.5) is 4.39 Å². The van der Waals surface area contributed by atoms with Crippen molar-refractivity contribution < 1.29 is 14.3 Å². The van der Waals surface area contributed by atoms with Gasteiger partial charge in [0.25, 0.3) is 0 Å². The summed E-state index contributed by atoms with van der Waals surface area (Å²) in [6.45, 7) is 0. The van der Waals surface area contributed by atoms with Crippen LogP contribution in [0.1, 0.15) is 25.7 Å². The predicted octanol–water partition coefficient (Wildman–Crippen LogP) is 1.28. The van der Waals surface area contributed by atoms with Crippen molar-refractivity contribution in [2.45, 2.75) is 43.9 Å². The van der Waals surface area contributed by atoms with Crippen LogP contribution in [0.3, 0.4) is 0 Å². The fraction of sp³-hybridized carbons (Fsp3) is 0.900. The van der Waals surface area contributed by atoms with E-state index in [0.29, 0.717) is 24.9 Å². The third-order valence-corrected chi connectivity index (χ3v) is 3.78. The van der Waals surface area contributed by atoms with E-state index in [2.05, 4.69) is 11.9 Å². The van der Waals surface area contributed by atoms with Crippen molar-refractivity contribution in [2.75, 3.05) is 7.05 Å². The van der Waals surface area contributed by atoms with Crippen LogP contribution in [0.25, 0.3) is 0 Å². The summed E-state index contributed by atoms with van der Waals surface area (Å²) < 4.78 is 13.3. The second-order valence-corrected chi connectivity index (χ2v) is 4.52. The molecule has 2 fully saturated rings. The van der Waals surface area contributed by atoms with E-state index in [9.17, 15) is 9.18 Å². The van der Waals surface area contributed by atoms with Crippen molar-refractivity contribution in [3.05, 3.63) is 0 Å². The Labute approximate surface area is 82.9 Å². The van der Waals surface area contributed by atoms with Crippen molar-refractivity contribution in [1.29, 1.82) is 0 Å². The Balaban J connectivity index is 2.02. The van der Waals surface area contributed by atoms with Crippen LogP contribution in [0.2, 0.25) is 0 Å². The molecule has 2 rings (SSSR count). The van der Waals surface area contributed by atoms with Gasteiger partial charge < -0.3 is 10.0 Å². The molecule has 2 heterocycles. The van der Waals surface area contributed by atoms with E-state index in [1.807, 2.05) is 0 Å². The molecule has 2 aliphatic rings. The van der Waals surface area contributed by atoms with Crippen LogP contribution >= 0.6 is 0 Å². The molecule has 2 bridgehead atoms. The smallest absolute Gasteiger partial charge is 0.338 e. The minimum atomic E-state index is -1.66. The lowest BCUT2D eigenvalue weighted by atomic mass is 9.87. The number of fused-ring (bicyclic) bond motifs is 2. The topological polar surface area (TPSA) is 40.5 Å². The molecular weight excluding hydrogens is 185 g/mol. The lowest BCUT2D eigenvalue weighted by molar-refractivity contribution is -0.146. The van der Waals surface area contributed by atoms with Gasteiger partial charge >= 0.3 is 5.97 Å². The molecule has 14 heavy (non-hydrogen) atoms. The molecule has 2 saturated heterocycles. The summed E-state index contributed by atoms with van der Waals surface area (Å²) in [6, 6.07) is 0.827. The molecule has 3 atom stereocenters. The number of carboxylic acid groups (broad SMARTS) is 1. The van der Waals surface area contributed by atoms with Gasteiger partial charge in [0.2, 0.25) is 0 Å². The average molecular weight is 201 g/mol. The first-order valence-corrected chi connectivity index (χ1v) is 5.18. The van der Waals surface area contributed by atoms with Crippen LogP contribution in [0.15, 0.2) is 0 Å². The van der Waals surface area contributed by atoms with E-state index < -0.39 is 12.1 Å². The molecule has 1 N–H and O–H groups in total. The van der Waals surface area contributed by atoms with Crippen LogP contribution in [-0.2, 0) is 4.79 Å². The molecule has 4 heteroatoms. The molecule has 0 aromatic rings. The number of alkyl halides is 1. The van der Waals surface area contributed by atoms with E-state index in [0.717, 1.165) is 12.8 Å². The fourth-order valence-electron chi connectivity index (χ4n) is 2.89. The molecule has 0 aliphatic carbocycles. The molecule has 2 aliphatic heterocycles. The number of hydrogen-bond acceptors (Lipinski definition) is 2. The van der Waals surface area contributed by atoms with Gasteiger partial charge in [0.15, 0.2) is 6.17 Å². The molecule has 3 unspecified atom stereocenters. The van der Waals surface area contributed by atoms with Gasteiger partial charge in [-0.2, -0.15) is 0 Å². The number of rotatable bonds is 2. The maximum atomic E-state index is 13.3. The van der Waals surface area contributed by atoms with Crippen molar-refractivity contribution in [3.8, 4) is 0 Å². The SMILES string of the molecule is CN1C2CCC1CC(C(F)C(=O)O)C2. The Morgan fingerprint density at radius 3 is 2.36 bits per heavy atom. The van der Waals surface area contributed by atoms with Crippen LogP contribution < -0.4 is 0 Å². The number of nitrogens with zero attached hydrogens (tertiary/aromatic N) is 1. The van der Waals surface area contributed by atoms with E-state index in [1.165, 1.54) is 0 Å². The summed E-state index contributed by atoms with van der Waals surface area (Å²) in [5.74, 6) is -1.56. The highest BCUT2D eigenvalue weighted by atomic mass is 19.1. The van der Waals surface area contributed by atoms with Gasteiger partial charge in [-0.1, -0.05) is 0 Å². The summed E-state index contributed by atoms with van der Waals surface area (Å²) in [5.41, 5.74) is 0. The Morgan fingerprint density at radius 1 is 1.43 bits per heavy atom. The zero-order valence-electron chi connectivity index (χ0n) is 8.32. The Bertz CT molecular complexity index is 232. The second-order valence-electron chi connectivity index (χ2n) is 4.52. The Hall–Kier alpha value is -0.640. The largest absolute Gasteiger partial charge is 0.479 e. The molecule has 0 amide bonds. The summed E-state index contributed by atoms with van der Waals surface area (Å²) in [4.78, 5) is 12.8. The first-order valence-electron chi connectivity index (χ1n) is 5.18. The minimum absolute atomic E-state index is 0.263. The van der Waals surface area contributed by atoms with Gasteiger partial charge in [-0.25, -0.2) is 9.18 Å². The first kappa shape index (κ1) is 9.90. The lowest BCUT2D eigenvalue weighted by Gasteiger charge is -2.36. The van der Waals surface area contributed by atoms with Gasteiger partial charge in [0.05, 0.1) is 0 Å². The van der Waals surface area contributed by atoms with Crippen molar-refractivity contribution in [1.82, 2.24) is 4.90 Å². The highest BCUT2D eigenvalue weighted by Gasteiger charge is 2.42. The van der Waals surface area contributed by atoms with Gasteiger partial charge in [0, 0.05) is 18.0 Å². The zero-order chi connectivity index (χ0) is 10.3. The molecule has 3 nitrogen and oxygen atoms in total. The standard InChI is InChI=1S/C10H16FNO2/c1-12-7-2-3-8(12)5-6(4-7)9(11)10(13)14/h6-9H,2-5H2,1H3,(H,13,14). The zero-order valence-corrected chi connectivity index (χ0v) is 8.32. The van der Waals surface area contributed by atoms with E-state index in [1.54, 1.807) is 0 Å². The lowest BCUT2D eigenvalue weighted by Crippen LogP contribution is -2.43. The molecule has 0 aromatic carbocycles. The maximum Gasteiger partial charge on any atom is 0.338 e. The minimum Gasteiger partial charge on any atom is -0.479 e. The van der Waals surface area contributed by atoms with Crippen molar-refractivity contribution in [3.63, 3.8) is 0 Å². The van der Waals surface area contributed by atoms with E-state index in [-0.39, 0.29) is 5.92 Å². The summed E-state index contributed by atoms with van der Waals surface area (Å²) in [6.07, 6.45) is 1.96. The molecule has 0 aromatic heterocycles. The van der Waals surface area contributed by atoms with Gasteiger partial charge in [-0.05, 0) is 32.7 Å². The fourth-order valence-corrected chi connectivity index (χ4v) is 2.89. The normalized spacial score (nSPS) is 39.7. The van der Waals surface area contributed by atoms with Crippen LogP contribution in [0, 0.1) is 5.92 Å². The van der Waals surface area contributed by atoms with E-state index >= 15 is 0 Å². The highest BCUT2D eigenvalue weighted by Crippen LogP contribution is 2.39. The summed E-state index contributed by atoms with van der Waals surface area (Å²) >= 11 is 0. The number of piperidine rings is 1. The predicted molar refractivity (Wildman–Crippen MR) is 49.8 cm³/mol. The van der Waals surface area contributed by atoms with Crippen molar-refractivity contribution >= 4 is 5.97 Å². The third kappa shape index (κ3) is 1.52. The molecule has 0 spiro atoms. The van der Waals surface area contributed by atoms with Crippen molar-refractivity contribution in [2.24, 2.45) is 5.92 Å². The van der Waals surface area contributed by atoms with E-state index in [4.69, 9.17) is 5.11 Å². The number of carbonyl (C=O) groups is 1. The van der Waals surface area contributed by atoms with Crippen LogP contribution in [-0.4, -0.2) is 41.3 Å². The average Bonchev–Trinajstić information content (AvgIpc) is 2.42. The van der Waals surface area contributed by atoms with Crippen LogP contribution in [0.5, 0.6) is 0 Å². The number of carboxylic acids is 1. The third-order valence-electron chi connectivity index (χ3n) is 3.78. The molecule has 0 saturated carbocycles. The monoisotopic (exact) mass is 201 g/mol. The quantitative estimate of drug-likeness (QED) is 0.731. The molecule has 80 valence electrons. The Kier molecular flexibility index (Phi) is 2.47. The molecule has 0 radical (unpaired) electrons. The van der Waals surface area contributed by atoms with Gasteiger partial charge in [-0.15, -0.1) is 0 Å². The van der Waals surface area contributed by atoms with Gasteiger partial charge in [-0.3, -0.25) is 0 Å².